The van der Waals surface area contributed by atoms with Crippen LogP contribution in [0.1, 0.15) is 22.7 Å². The predicted octanol–water partition coefficient (Wildman–Crippen LogP) is 5.07. The second-order valence-corrected chi connectivity index (χ2v) is 6.13. The molecule has 2 N–H and O–H groups in total. The third kappa shape index (κ3) is 4.21. The summed E-state index contributed by atoms with van der Waals surface area (Å²) in [4.78, 5) is 0. The van der Waals surface area contributed by atoms with Crippen LogP contribution in [0.3, 0.4) is 0 Å². The fourth-order valence-electron chi connectivity index (χ4n) is 2.58. The van der Waals surface area contributed by atoms with Gasteiger partial charge in [-0.2, -0.15) is 0 Å². The highest BCUT2D eigenvalue weighted by atomic mass is 32.1. The van der Waals surface area contributed by atoms with E-state index in [0.717, 1.165) is 5.69 Å². The third-order valence-corrected chi connectivity index (χ3v) is 4.07. The lowest BCUT2D eigenvalue weighted by molar-refractivity contribution is 0.768. The van der Waals surface area contributed by atoms with Crippen molar-refractivity contribution in [3.05, 3.63) is 102 Å². The van der Waals surface area contributed by atoms with Crippen LogP contribution in [0.2, 0.25) is 0 Å². The van der Waals surface area contributed by atoms with Gasteiger partial charge in [-0.1, -0.05) is 78.4 Å². The molecule has 0 heterocycles. The molecule has 3 aromatic rings. The molecule has 3 heteroatoms. The monoisotopic (exact) mass is 332 g/mol. The van der Waals surface area contributed by atoms with Gasteiger partial charge >= 0.3 is 0 Å². The lowest BCUT2D eigenvalue weighted by Gasteiger charge is -2.22. The number of rotatable bonds is 4. The molecule has 0 spiro atoms. The van der Waals surface area contributed by atoms with Crippen LogP contribution >= 0.6 is 12.2 Å². The van der Waals surface area contributed by atoms with E-state index in [9.17, 15) is 0 Å². The third-order valence-electron chi connectivity index (χ3n) is 3.85. The van der Waals surface area contributed by atoms with Gasteiger partial charge in [0.2, 0.25) is 0 Å². The highest BCUT2D eigenvalue weighted by molar-refractivity contribution is 7.80. The molecule has 0 aliphatic heterocycles. The number of hydrogen-bond donors (Lipinski definition) is 2. The maximum Gasteiger partial charge on any atom is 0.171 e. The van der Waals surface area contributed by atoms with Crippen molar-refractivity contribution in [2.45, 2.75) is 13.0 Å². The SMILES string of the molecule is Cc1ccc([C@H](NC(=S)Nc2ccccc2)c2ccccc2)cc1. The molecule has 2 nitrogen and oxygen atoms in total. The van der Waals surface area contributed by atoms with Crippen LogP contribution in [0.5, 0.6) is 0 Å². The molecule has 0 saturated carbocycles. The van der Waals surface area contributed by atoms with Crippen LogP contribution in [0.25, 0.3) is 0 Å². The first-order chi connectivity index (χ1) is 11.7. The Bertz CT molecular complexity index is 783. The minimum absolute atomic E-state index is 0.00973. The summed E-state index contributed by atoms with van der Waals surface area (Å²) in [6.07, 6.45) is 0. The zero-order chi connectivity index (χ0) is 16.8. The van der Waals surface area contributed by atoms with Gasteiger partial charge < -0.3 is 10.6 Å². The van der Waals surface area contributed by atoms with Gasteiger partial charge in [-0.05, 0) is 42.4 Å². The van der Waals surface area contributed by atoms with Crippen molar-refractivity contribution in [3.8, 4) is 0 Å². The number of benzene rings is 3. The maximum absolute atomic E-state index is 5.52. The standard InChI is InChI=1S/C21H20N2S/c1-16-12-14-18(15-13-16)20(17-8-4-2-5-9-17)23-21(24)22-19-10-6-3-7-11-19/h2-15,20H,1H3,(H2,22,23,24)/t20-/m1/s1. The normalized spacial score (nSPS) is 11.5. The predicted molar refractivity (Wildman–Crippen MR) is 105 cm³/mol. The molecular formula is C21H20N2S. The molecule has 0 unspecified atom stereocenters. The molecular weight excluding hydrogens is 312 g/mol. The van der Waals surface area contributed by atoms with Gasteiger partial charge in [-0.15, -0.1) is 0 Å². The highest BCUT2D eigenvalue weighted by Crippen LogP contribution is 2.22. The van der Waals surface area contributed by atoms with E-state index >= 15 is 0 Å². The summed E-state index contributed by atoms with van der Waals surface area (Å²) in [5.74, 6) is 0. The second kappa shape index (κ2) is 7.75. The van der Waals surface area contributed by atoms with Gasteiger partial charge in [0.1, 0.15) is 0 Å². The number of nitrogens with one attached hydrogen (secondary N) is 2. The highest BCUT2D eigenvalue weighted by Gasteiger charge is 2.15. The summed E-state index contributed by atoms with van der Waals surface area (Å²) in [7, 11) is 0. The minimum atomic E-state index is 0.00973. The lowest BCUT2D eigenvalue weighted by atomic mass is 9.98. The van der Waals surface area contributed by atoms with E-state index in [1.54, 1.807) is 0 Å². The van der Waals surface area contributed by atoms with E-state index < -0.39 is 0 Å². The summed E-state index contributed by atoms with van der Waals surface area (Å²) in [5.41, 5.74) is 4.59. The van der Waals surface area contributed by atoms with Crippen LogP contribution in [0, 0.1) is 6.92 Å². The van der Waals surface area contributed by atoms with Crippen molar-refractivity contribution >= 4 is 23.0 Å². The minimum Gasteiger partial charge on any atom is -0.352 e. The molecule has 3 aromatic carbocycles. The number of para-hydroxylation sites is 1. The quantitative estimate of drug-likeness (QED) is 0.652. The molecule has 0 aliphatic carbocycles. The molecule has 0 saturated heterocycles. The van der Waals surface area contributed by atoms with Gasteiger partial charge in [-0.3, -0.25) is 0 Å². The Morgan fingerprint density at radius 1 is 0.750 bits per heavy atom. The van der Waals surface area contributed by atoms with E-state index in [0.29, 0.717) is 5.11 Å². The van der Waals surface area contributed by atoms with Gasteiger partial charge in [0, 0.05) is 5.69 Å². The van der Waals surface area contributed by atoms with E-state index in [1.165, 1.54) is 16.7 Å². The van der Waals surface area contributed by atoms with E-state index in [4.69, 9.17) is 12.2 Å². The Morgan fingerprint density at radius 3 is 1.92 bits per heavy atom. The number of hydrogen-bond acceptors (Lipinski definition) is 1. The molecule has 0 aromatic heterocycles. The smallest absolute Gasteiger partial charge is 0.171 e. The average Bonchev–Trinajstić information content (AvgIpc) is 2.62. The molecule has 0 fully saturated rings. The summed E-state index contributed by atoms with van der Waals surface area (Å²) in [6.45, 7) is 2.09. The van der Waals surface area contributed by atoms with Crippen molar-refractivity contribution in [2.24, 2.45) is 0 Å². The van der Waals surface area contributed by atoms with E-state index in [-0.39, 0.29) is 6.04 Å². The largest absolute Gasteiger partial charge is 0.352 e. The van der Waals surface area contributed by atoms with Gasteiger partial charge in [0.25, 0.3) is 0 Å². The Labute approximate surface area is 148 Å². The molecule has 0 radical (unpaired) electrons. The molecule has 120 valence electrons. The number of thiocarbonyl (C=S) groups is 1. The van der Waals surface area contributed by atoms with Crippen molar-refractivity contribution in [1.29, 1.82) is 0 Å². The molecule has 3 rings (SSSR count). The molecule has 0 amide bonds. The van der Waals surface area contributed by atoms with Gasteiger partial charge in [-0.25, -0.2) is 0 Å². The van der Waals surface area contributed by atoms with Gasteiger partial charge in [0.15, 0.2) is 5.11 Å². The fraction of sp³-hybridized carbons (Fsp3) is 0.0952. The Balaban J connectivity index is 1.82. The van der Waals surface area contributed by atoms with Crippen molar-refractivity contribution in [3.63, 3.8) is 0 Å². The Morgan fingerprint density at radius 2 is 1.29 bits per heavy atom. The summed E-state index contributed by atoms with van der Waals surface area (Å²) in [6, 6.07) is 28.8. The molecule has 0 aliphatic rings. The Hall–Kier alpha value is -2.65. The Kier molecular flexibility index (Phi) is 5.24. The first-order valence-electron chi connectivity index (χ1n) is 7.96. The number of aryl methyl sites for hydroxylation is 1. The van der Waals surface area contributed by atoms with Crippen molar-refractivity contribution in [2.75, 3.05) is 5.32 Å². The molecule has 24 heavy (non-hydrogen) atoms. The number of anilines is 1. The maximum atomic E-state index is 5.52. The van der Waals surface area contributed by atoms with Crippen LogP contribution in [0.15, 0.2) is 84.9 Å². The van der Waals surface area contributed by atoms with Crippen molar-refractivity contribution in [1.82, 2.24) is 5.32 Å². The van der Waals surface area contributed by atoms with Crippen LogP contribution in [0.4, 0.5) is 5.69 Å². The topological polar surface area (TPSA) is 24.1 Å². The first kappa shape index (κ1) is 16.2. The second-order valence-electron chi connectivity index (χ2n) is 5.72. The summed E-state index contributed by atoms with van der Waals surface area (Å²) >= 11 is 5.52. The first-order valence-corrected chi connectivity index (χ1v) is 8.37. The summed E-state index contributed by atoms with van der Waals surface area (Å²) < 4.78 is 0. The molecule has 0 bridgehead atoms. The zero-order valence-corrected chi connectivity index (χ0v) is 14.4. The van der Waals surface area contributed by atoms with Crippen LogP contribution in [-0.4, -0.2) is 5.11 Å². The van der Waals surface area contributed by atoms with E-state index in [2.05, 4.69) is 54.0 Å². The lowest BCUT2D eigenvalue weighted by Crippen LogP contribution is -2.33. The van der Waals surface area contributed by atoms with Crippen LogP contribution in [-0.2, 0) is 0 Å². The average molecular weight is 332 g/mol. The summed E-state index contributed by atoms with van der Waals surface area (Å²) in [5, 5.41) is 7.29. The fourth-order valence-corrected chi connectivity index (χ4v) is 2.82. The van der Waals surface area contributed by atoms with Crippen LogP contribution < -0.4 is 10.6 Å². The van der Waals surface area contributed by atoms with E-state index in [1.807, 2.05) is 48.5 Å². The zero-order valence-electron chi connectivity index (χ0n) is 13.6. The van der Waals surface area contributed by atoms with Gasteiger partial charge in [0.05, 0.1) is 6.04 Å². The van der Waals surface area contributed by atoms with Crippen molar-refractivity contribution < 1.29 is 0 Å². The molecule has 1 atom stereocenters.